The van der Waals surface area contributed by atoms with Crippen molar-refractivity contribution in [2.24, 2.45) is 5.92 Å². The quantitative estimate of drug-likeness (QED) is 0.910. The third kappa shape index (κ3) is 3.33. The van der Waals surface area contributed by atoms with Gasteiger partial charge in [-0.2, -0.15) is 0 Å². The van der Waals surface area contributed by atoms with Crippen LogP contribution < -0.4 is 10.2 Å². The topological polar surface area (TPSA) is 41.0 Å². The number of anilines is 3. The zero-order valence-electron chi connectivity index (χ0n) is 13.0. The van der Waals surface area contributed by atoms with Crippen LogP contribution in [-0.2, 0) is 0 Å². The number of nitrogens with one attached hydrogen (secondary N) is 1. The highest BCUT2D eigenvalue weighted by molar-refractivity contribution is 6.31. The second kappa shape index (κ2) is 6.53. The SMILES string of the molecule is Cc1c(Cl)cccc1Nc1cc(N2CCC(C)CC2)ncn1. The molecule has 1 aromatic heterocycles. The molecule has 2 heterocycles. The van der Waals surface area contributed by atoms with Crippen LogP contribution in [-0.4, -0.2) is 23.1 Å². The van der Waals surface area contributed by atoms with Gasteiger partial charge in [0.1, 0.15) is 18.0 Å². The fraction of sp³-hybridized carbons (Fsp3) is 0.412. The molecule has 1 N–H and O–H groups in total. The fourth-order valence-corrected chi connectivity index (χ4v) is 2.88. The van der Waals surface area contributed by atoms with E-state index in [1.54, 1.807) is 6.33 Å². The summed E-state index contributed by atoms with van der Waals surface area (Å²) in [4.78, 5) is 11.1. The molecule has 0 atom stereocenters. The van der Waals surface area contributed by atoms with Crippen LogP contribution in [0.1, 0.15) is 25.3 Å². The lowest BCUT2D eigenvalue weighted by Gasteiger charge is -2.31. The highest BCUT2D eigenvalue weighted by Crippen LogP contribution is 2.27. The summed E-state index contributed by atoms with van der Waals surface area (Å²) < 4.78 is 0. The largest absolute Gasteiger partial charge is 0.356 e. The Bertz CT molecular complexity index is 651. The van der Waals surface area contributed by atoms with Crippen molar-refractivity contribution in [3.63, 3.8) is 0 Å². The van der Waals surface area contributed by atoms with Gasteiger partial charge >= 0.3 is 0 Å². The number of benzene rings is 1. The fourth-order valence-electron chi connectivity index (χ4n) is 2.71. The maximum Gasteiger partial charge on any atom is 0.135 e. The van der Waals surface area contributed by atoms with E-state index in [1.807, 2.05) is 31.2 Å². The Morgan fingerprint density at radius 2 is 2.00 bits per heavy atom. The molecule has 116 valence electrons. The van der Waals surface area contributed by atoms with Crippen molar-refractivity contribution < 1.29 is 0 Å². The number of nitrogens with zero attached hydrogens (tertiary/aromatic N) is 3. The smallest absolute Gasteiger partial charge is 0.135 e. The van der Waals surface area contributed by atoms with Gasteiger partial charge in [-0.3, -0.25) is 0 Å². The minimum absolute atomic E-state index is 0.754. The van der Waals surface area contributed by atoms with Crippen molar-refractivity contribution in [3.05, 3.63) is 41.2 Å². The third-order valence-corrected chi connectivity index (χ3v) is 4.70. The molecule has 0 unspecified atom stereocenters. The first kappa shape index (κ1) is 15.1. The molecular weight excluding hydrogens is 296 g/mol. The van der Waals surface area contributed by atoms with E-state index < -0.39 is 0 Å². The molecule has 1 aliphatic heterocycles. The van der Waals surface area contributed by atoms with Crippen molar-refractivity contribution in [2.45, 2.75) is 26.7 Å². The summed E-state index contributed by atoms with van der Waals surface area (Å²) in [7, 11) is 0. The molecule has 3 rings (SSSR count). The second-order valence-electron chi connectivity index (χ2n) is 5.97. The highest BCUT2D eigenvalue weighted by atomic mass is 35.5. The number of halogens is 1. The lowest BCUT2D eigenvalue weighted by Crippen LogP contribution is -2.33. The maximum absolute atomic E-state index is 6.17. The average Bonchev–Trinajstić information content (AvgIpc) is 2.53. The Balaban J connectivity index is 1.78. The van der Waals surface area contributed by atoms with Crippen LogP contribution in [0, 0.1) is 12.8 Å². The Kier molecular flexibility index (Phi) is 4.48. The maximum atomic E-state index is 6.17. The van der Waals surface area contributed by atoms with Crippen LogP contribution in [0.2, 0.25) is 5.02 Å². The van der Waals surface area contributed by atoms with Gasteiger partial charge in [0.25, 0.3) is 0 Å². The van der Waals surface area contributed by atoms with Gasteiger partial charge in [-0.1, -0.05) is 24.6 Å². The monoisotopic (exact) mass is 316 g/mol. The van der Waals surface area contributed by atoms with Crippen molar-refractivity contribution in [3.8, 4) is 0 Å². The van der Waals surface area contributed by atoms with Crippen LogP contribution in [0.3, 0.4) is 0 Å². The normalized spacial score (nSPS) is 15.9. The summed E-state index contributed by atoms with van der Waals surface area (Å²) in [5.41, 5.74) is 2.00. The third-order valence-electron chi connectivity index (χ3n) is 4.29. The van der Waals surface area contributed by atoms with Crippen LogP contribution in [0.4, 0.5) is 17.3 Å². The second-order valence-corrected chi connectivity index (χ2v) is 6.38. The molecule has 0 bridgehead atoms. The standard InChI is InChI=1S/C17H21ClN4/c1-12-6-8-22(9-7-12)17-10-16(19-11-20-17)21-15-5-3-4-14(18)13(15)2/h3-5,10-12H,6-9H2,1-2H3,(H,19,20,21). The molecule has 5 heteroatoms. The van der Waals surface area contributed by atoms with E-state index in [0.717, 1.165) is 46.9 Å². The molecule has 1 aliphatic rings. The highest BCUT2D eigenvalue weighted by Gasteiger charge is 2.17. The summed E-state index contributed by atoms with van der Waals surface area (Å²) in [6.07, 6.45) is 4.07. The minimum atomic E-state index is 0.754. The Morgan fingerprint density at radius 1 is 1.23 bits per heavy atom. The molecule has 0 saturated carbocycles. The van der Waals surface area contributed by atoms with Crippen LogP contribution in [0.5, 0.6) is 0 Å². The van der Waals surface area contributed by atoms with Gasteiger partial charge in [-0.05, 0) is 43.4 Å². The van der Waals surface area contributed by atoms with E-state index >= 15 is 0 Å². The summed E-state index contributed by atoms with van der Waals surface area (Å²) in [6.45, 7) is 6.44. The summed E-state index contributed by atoms with van der Waals surface area (Å²) in [6, 6.07) is 7.84. The molecule has 22 heavy (non-hydrogen) atoms. The first-order chi connectivity index (χ1) is 10.6. The molecule has 1 aromatic carbocycles. The number of hydrogen-bond acceptors (Lipinski definition) is 4. The van der Waals surface area contributed by atoms with Crippen molar-refractivity contribution >= 4 is 28.9 Å². The molecule has 2 aromatic rings. The summed E-state index contributed by atoms with van der Waals surface area (Å²) in [5.74, 6) is 2.60. The van der Waals surface area contributed by atoms with E-state index in [0.29, 0.717) is 0 Å². The summed E-state index contributed by atoms with van der Waals surface area (Å²) in [5, 5.41) is 4.09. The predicted molar refractivity (Wildman–Crippen MR) is 92.1 cm³/mol. The minimum Gasteiger partial charge on any atom is -0.356 e. The lowest BCUT2D eigenvalue weighted by molar-refractivity contribution is 0.436. The van der Waals surface area contributed by atoms with E-state index in [2.05, 4.69) is 27.1 Å². The zero-order chi connectivity index (χ0) is 15.5. The molecule has 0 spiro atoms. The average molecular weight is 317 g/mol. The van der Waals surface area contributed by atoms with Gasteiger partial charge in [-0.25, -0.2) is 9.97 Å². The van der Waals surface area contributed by atoms with Gasteiger partial charge in [0.15, 0.2) is 0 Å². The van der Waals surface area contributed by atoms with Gasteiger partial charge in [0.2, 0.25) is 0 Å². The van der Waals surface area contributed by atoms with Gasteiger partial charge in [-0.15, -0.1) is 0 Å². The van der Waals surface area contributed by atoms with E-state index in [9.17, 15) is 0 Å². The van der Waals surface area contributed by atoms with Crippen molar-refractivity contribution in [1.29, 1.82) is 0 Å². The van der Waals surface area contributed by atoms with Crippen molar-refractivity contribution in [1.82, 2.24) is 9.97 Å². The molecule has 4 nitrogen and oxygen atoms in total. The molecule has 0 aliphatic carbocycles. The molecule has 1 fully saturated rings. The Hall–Kier alpha value is -1.81. The van der Waals surface area contributed by atoms with Gasteiger partial charge < -0.3 is 10.2 Å². The molecule has 0 amide bonds. The Morgan fingerprint density at radius 3 is 2.77 bits per heavy atom. The van der Waals surface area contributed by atoms with E-state index in [4.69, 9.17) is 11.6 Å². The number of aromatic nitrogens is 2. The number of rotatable bonds is 3. The summed E-state index contributed by atoms with van der Waals surface area (Å²) >= 11 is 6.17. The molecule has 1 saturated heterocycles. The van der Waals surface area contributed by atoms with Crippen molar-refractivity contribution in [2.75, 3.05) is 23.3 Å². The lowest BCUT2D eigenvalue weighted by atomic mass is 9.99. The van der Waals surface area contributed by atoms with Gasteiger partial charge in [0.05, 0.1) is 0 Å². The predicted octanol–water partition coefficient (Wildman–Crippen LogP) is 4.42. The van der Waals surface area contributed by atoms with Gasteiger partial charge in [0, 0.05) is 29.9 Å². The molecular formula is C17H21ClN4. The first-order valence-corrected chi connectivity index (χ1v) is 8.10. The zero-order valence-corrected chi connectivity index (χ0v) is 13.8. The number of piperidine rings is 1. The van der Waals surface area contributed by atoms with Crippen LogP contribution in [0.15, 0.2) is 30.6 Å². The van der Waals surface area contributed by atoms with E-state index in [1.165, 1.54) is 12.8 Å². The number of hydrogen-bond donors (Lipinski definition) is 1. The van der Waals surface area contributed by atoms with Crippen LogP contribution in [0.25, 0.3) is 0 Å². The first-order valence-electron chi connectivity index (χ1n) is 7.72. The van der Waals surface area contributed by atoms with E-state index in [-0.39, 0.29) is 0 Å². The van der Waals surface area contributed by atoms with Crippen LogP contribution >= 0.6 is 11.6 Å². The Labute approximate surface area is 136 Å². The molecule has 0 radical (unpaired) electrons.